The number of furan rings is 1. The lowest BCUT2D eigenvalue weighted by Gasteiger charge is -2.19. The summed E-state index contributed by atoms with van der Waals surface area (Å²) in [6, 6.07) is 1.41. The predicted octanol–water partition coefficient (Wildman–Crippen LogP) is 1.36. The third kappa shape index (κ3) is 2.67. The second kappa shape index (κ2) is 5.42. The van der Waals surface area contributed by atoms with E-state index >= 15 is 0 Å². The predicted molar refractivity (Wildman–Crippen MR) is 75.8 cm³/mol. The zero-order valence-corrected chi connectivity index (χ0v) is 13.5. The molecule has 3 rings (SSSR count). The van der Waals surface area contributed by atoms with E-state index in [0.717, 1.165) is 19.3 Å². The largest absolute Gasteiger partial charge is 0.452 e. The van der Waals surface area contributed by atoms with Gasteiger partial charge in [-0.1, -0.05) is 0 Å². The lowest BCUT2D eigenvalue weighted by atomic mass is 9.96. The second-order valence-electron chi connectivity index (χ2n) is 5.22. The number of nitrogens with one attached hydrogen (secondary N) is 2. The van der Waals surface area contributed by atoms with Crippen molar-refractivity contribution < 1.29 is 17.6 Å². The Labute approximate surface area is 126 Å². The van der Waals surface area contributed by atoms with E-state index in [-0.39, 0.29) is 27.8 Å². The van der Waals surface area contributed by atoms with E-state index in [1.54, 1.807) is 7.05 Å². The summed E-state index contributed by atoms with van der Waals surface area (Å²) >= 11 is 3.17. The van der Waals surface area contributed by atoms with Gasteiger partial charge in [-0.25, -0.2) is 13.1 Å². The van der Waals surface area contributed by atoms with Crippen molar-refractivity contribution in [3.63, 3.8) is 0 Å². The molecule has 20 heavy (non-hydrogen) atoms. The molecule has 1 aromatic rings. The maximum Gasteiger partial charge on any atom is 0.245 e. The van der Waals surface area contributed by atoms with E-state index in [2.05, 4.69) is 26.0 Å². The minimum Gasteiger partial charge on any atom is -0.452 e. The van der Waals surface area contributed by atoms with Crippen molar-refractivity contribution in [1.29, 1.82) is 0 Å². The molecule has 2 saturated heterocycles. The number of fused-ring (bicyclic) bond motifs is 2. The number of ether oxygens (including phenoxy) is 1. The van der Waals surface area contributed by atoms with Gasteiger partial charge >= 0.3 is 0 Å². The number of hydrogen-bond donors (Lipinski definition) is 2. The Balaban J connectivity index is 1.78. The highest BCUT2D eigenvalue weighted by Gasteiger charge is 2.43. The molecule has 8 heteroatoms. The zero-order valence-electron chi connectivity index (χ0n) is 11.1. The van der Waals surface area contributed by atoms with Gasteiger partial charge in [0.15, 0.2) is 4.67 Å². The molecular weight excluding hydrogens is 348 g/mol. The van der Waals surface area contributed by atoms with Crippen LogP contribution in [-0.2, 0) is 21.3 Å². The lowest BCUT2D eigenvalue weighted by Crippen LogP contribution is -2.41. The minimum absolute atomic E-state index is 0.0113. The quantitative estimate of drug-likeness (QED) is 0.824. The van der Waals surface area contributed by atoms with E-state index < -0.39 is 10.0 Å². The highest BCUT2D eigenvalue weighted by molar-refractivity contribution is 9.10. The minimum atomic E-state index is -3.59. The van der Waals surface area contributed by atoms with Gasteiger partial charge < -0.3 is 14.5 Å². The van der Waals surface area contributed by atoms with Gasteiger partial charge in [0, 0.05) is 6.07 Å². The Hall–Kier alpha value is -0.410. The Bertz CT molecular complexity index is 601. The Morgan fingerprint density at radius 3 is 2.85 bits per heavy atom. The zero-order chi connectivity index (χ0) is 14.3. The third-order valence-electron chi connectivity index (χ3n) is 3.76. The fraction of sp³-hybridized carbons (Fsp3) is 0.667. The molecule has 2 aliphatic rings. The molecular formula is C12H17BrN2O4S. The van der Waals surface area contributed by atoms with Crippen molar-refractivity contribution in [1.82, 2.24) is 10.0 Å². The fourth-order valence-electron chi connectivity index (χ4n) is 2.87. The van der Waals surface area contributed by atoms with Crippen molar-refractivity contribution >= 4 is 26.0 Å². The second-order valence-corrected chi connectivity index (χ2v) is 7.62. The number of rotatable bonds is 5. The molecule has 3 unspecified atom stereocenters. The maximum absolute atomic E-state index is 12.4. The first-order valence-corrected chi connectivity index (χ1v) is 8.88. The van der Waals surface area contributed by atoms with E-state index in [0.29, 0.717) is 12.3 Å². The summed E-state index contributed by atoms with van der Waals surface area (Å²) in [5.41, 5.74) is 0. The van der Waals surface area contributed by atoms with Crippen molar-refractivity contribution in [2.45, 2.75) is 49.0 Å². The molecule has 112 valence electrons. The first kappa shape index (κ1) is 14.5. The summed E-state index contributed by atoms with van der Waals surface area (Å²) in [4.78, 5) is 0.144. The summed E-state index contributed by atoms with van der Waals surface area (Å²) < 4.78 is 38.9. The van der Waals surface area contributed by atoms with Crippen LogP contribution in [0.3, 0.4) is 0 Å². The summed E-state index contributed by atoms with van der Waals surface area (Å²) in [6.07, 6.45) is 2.93. The fourth-order valence-corrected chi connectivity index (χ4v) is 5.14. The normalized spacial score (nSPS) is 29.2. The van der Waals surface area contributed by atoms with Crippen molar-refractivity contribution in [3.05, 3.63) is 16.5 Å². The molecule has 2 bridgehead atoms. The van der Waals surface area contributed by atoms with Crippen molar-refractivity contribution in [3.8, 4) is 0 Å². The highest BCUT2D eigenvalue weighted by atomic mass is 79.9. The Morgan fingerprint density at radius 1 is 1.45 bits per heavy atom. The first-order chi connectivity index (χ1) is 9.49. The maximum atomic E-state index is 12.4. The molecule has 2 aliphatic heterocycles. The molecule has 1 aromatic heterocycles. The van der Waals surface area contributed by atoms with Gasteiger partial charge in [-0.15, -0.1) is 0 Å². The smallest absolute Gasteiger partial charge is 0.245 e. The first-order valence-electron chi connectivity index (χ1n) is 6.60. The van der Waals surface area contributed by atoms with Crippen molar-refractivity contribution in [2.24, 2.45) is 0 Å². The summed E-state index contributed by atoms with van der Waals surface area (Å²) in [5.74, 6) is 0.573. The van der Waals surface area contributed by atoms with Crippen LogP contribution in [0.15, 0.2) is 20.0 Å². The van der Waals surface area contributed by atoms with Crippen LogP contribution in [0, 0.1) is 0 Å². The number of hydrogen-bond acceptors (Lipinski definition) is 5. The Morgan fingerprint density at radius 2 is 2.25 bits per heavy atom. The van der Waals surface area contributed by atoms with Crippen LogP contribution in [0.25, 0.3) is 0 Å². The SMILES string of the molecule is CNCc1cc(S(=O)(=O)NC2CC3CCC2O3)c(Br)o1. The number of sulfonamides is 1. The standard InChI is InChI=1S/C12H17BrN2O4S/c1-14-6-8-5-11(12(13)19-8)20(16,17)15-9-4-7-2-3-10(9)18-7/h5,7,9-10,14-15H,2-4,6H2,1H3. The highest BCUT2D eigenvalue weighted by Crippen LogP contribution is 2.35. The van der Waals surface area contributed by atoms with Gasteiger partial charge in [0.25, 0.3) is 0 Å². The van der Waals surface area contributed by atoms with Crippen LogP contribution in [0.5, 0.6) is 0 Å². The van der Waals surface area contributed by atoms with E-state index in [1.807, 2.05) is 0 Å². The molecule has 2 fully saturated rings. The molecule has 2 N–H and O–H groups in total. The molecule has 0 spiro atoms. The topological polar surface area (TPSA) is 80.6 Å². The third-order valence-corrected chi connectivity index (χ3v) is 6.11. The molecule has 6 nitrogen and oxygen atoms in total. The molecule has 0 radical (unpaired) electrons. The van der Waals surface area contributed by atoms with Gasteiger partial charge in [-0.2, -0.15) is 0 Å². The van der Waals surface area contributed by atoms with Gasteiger partial charge in [0.05, 0.1) is 24.8 Å². The van der Waals surface area contributed by atoms with Gasteiger partial charge in [-0.05, 0) is 42.2 Å². The van der Waals surface area contributed by atoms with Crippen LogP contribution < -0.4 is 10.0 Å². The molecule has 0 amide bonds. The van der Waals surface area contributed by atoms with Gasteiger partial charge in [0.1, 0.15) is 10.7 Å². The van der Waals surface area contributed by atoms with E-state index in [4.69, 9.17) is 9.15 Å². The Kier molecular flexibility index (Phi) is 3.93. The molecule has 0 saturated carbocycles. The van der Waals surface area contributed by atoms with Gasteiger partial charge in [0.2, 0.25) is 10.0 Å². The summed E-state index contributed by atoms with van der Waals surface area (Å²) in [6.45, 7) is 0.478. The van der Waals surface area contributed by atoms with Crippen LogP contribution in [-0.4, -0.2) is 33.7 Å². The van der Waals surface area contributed by atoms with Crippen LogP contribution in [0.1, 0.15) is 25.0 Å². The monoisotopic (exact) mass is 364 g/mol. The van der Waals surface area contributed by atoms with Crippen LogP contribution in [0.2, 0.25) is 0 Å². The van der Waals surface area contributed by atoms with E-state index in [9.17, 15) is 8.42 Å². The molecule has 0 aliphatic carbocycles. The molecule has 0 aromatic carbocycles. The molecule has 3 heterocycles. The van der Waals surface area contributed by atoms with Gasteiger partial charge in [-0.3, -0.25) is 0 Å². The number of halogens is 1. The lowest BCUT2D eigenvalue weighted by molar-refractivity contribution is 0.0996. The molecule has 3 atom stereocenters. The summed E-state index contributed by atoms with van der Waals surface area (Å²) in [5, 5.41) is 2.92. The summed E-state index contributed by atoms with van der Waals surface area (Å²) in [7, 11) is -1.82. The van der Waals surface area contributed by atoms with Crippen molar-refractivity contribution in [2.75, 3.05) is 7.05 Å². The van der Waals surface area contributed by atoms with Crippen LogP contribution in [0.4, 0.5) is 0 Å². The average Bonchev–Trinajstić information content (AvgIpc) is 3.04. The van der Waals surface area contributed by atoms with E-state index in [1.165, 1.54) is 6.07 Å². The average molecular weight is 365 g/mol. The van der Waals surface area contributed by atoms with Crippen LogP contribution >= 0.6 is 15.9 Å².